The zero-order valence-electron chi connectivity index (χ0n) is 32.2. The molecule has 1 aliphatic carbocycles. The summed E-state index contributed by atoms with van der Waals surface area (Å²) in [5.74, 6) is 0.656. The van der Waals surface area contributed by atoms with Crippen molar-refractivity contribution in [3.8, 4) is 50.6 Å². The van der Waals surface area contributed by atoms with Crippen molar-refractivity contribution in [1.82, 2.24) is 14.5 Å². The van der Waals surface area contributed by atoms with Gasteiger partial charge in [0.15, 0.2) is 0 Å². The number of benzene rings is 9. The summed E-state index contributed by atoms with van der Waals surface area (Å²) in [7, 11) is 0. The zero-order valence-corrected chi connectivity index (χ0v) is 32.2. The van der Waals surface area contributed by atoms with Crippen LogP contribution in [0.1, 0.15) is 25.0 Å². The molecule has 0 unspecified atom stereocenters. The van der Waals surface area contributed by atoms with Gasteiger partial charge >= 0.3 is 0 Å². The number of hydrogen-bond acceptors (Lipinski definition) is 2. The van der Waals surface area contributed by atoms with Crippen LogP contribution in [0.3, 0.4) is 0 Å². The number of rotatable bonds is 4. The van der Waals surface area contributed by atoms with Gasteiger partial charge in [-0.15, -0.1) is 0 Å². The van der Waals surface area contributed by atoms with Crippen molar-refractivity contribution in [3.63, 3.8) is 0 Å². The molecule has 0 saturated heterocycles. The van der Waals surface area contributed by atoms with Crippen molar-refractivity contribution in [2.24, 2.45) is 0 Å². The van der Waals surface area contributed by atoms with Crippen molar-refractivity contribution in [2.75, 3.05) is 0 Å². The summed E-state index contributed by atoms with van der Waals surface area (Å²) in [6, 6.07) is 68.2. The molecule has 0 aliphatic heterocycles. The number of nitrogens with zero attached hydrogens (tertiary/aromatic N) is 3. The minimum absolute atomic E-state index is 0.113. The van der Waals surface area contributed by atoms with Gasteiger partial charge in [0.1, 0.15) is 0 Å². The summed E-state index contributed by atoms with van der Waals surface area (Å²) in [4.78, 5) is 10.9. The Morgan fingerprint density at radius 2 is 1.02 bits per heavy atom. The van der Waals surface area contributed by atoms with E-state index in [2.05, 4.69) is 206 Å². The summed E-state index contributed by atoms with van der Waals surface area (Å²) in [6.07, 6.45) is 0. The van der Waals surface area contributed by atoms with Crippen LogP contribution in [0.5, 0.6) is 0 Å². The molecule has 58 heavy (non-hydrogen) atoms. The lowest BCUT2D eigenvalue weighted by atomic mass is 9.81. The Hall–Kier alpha value is -7.36. The van der Waals surface area contributed by atoms with E-state index in [-0.39, 0.29) is 5.41 Å². The highest BCUT2D eigenvalue weighted by Gasteiger charge is 2.35. The molecule has 0 N–H and O–H groups in total. The van der Waals surface area contributed by atoms with Crippen LogP contribution in [0.25, 0.3) is 105 Å². The third-order valence-electron chi connectivity index (χ3n) is 12.6. The van der Waals surface area contributed by atoms with Crippen LogP contribution >= 0.6 is 0 Å². The topological polar surface area (TPSA) is 30.7 Å². The quantitative estimate of drug-likeness (QED) is 0.180. The summed E-state index contributed by atoms with van der Waals surface area (Å²) >= 11 is 0. The third kappa shape index (κ3) is 4.74. The lowest BCUT2D eigenvalue weighted by Crippen LogP contribution is -2.14. The van der Waals surface area contributed by atoms with E-state index in [1.165, 1.54) is 71.3 Å². The molecule has 11 aromatic rings. The number of fused-ring (bicyclic) bond motifs is 10. The SMILES string of the molecule is CC1(C)c2ccccc2-c2ccc(-c3cccc4c5c6ccccc6ccc5n(-c5nc(-c6ccc(-c7cccc8ccccc78)cc6)c6ccccc6n5)c34)cc21. The predicted octanol–water partition coefficient (Wildman–Crippen LogP) is 14.3. The largest absolute Gasteiger partial charge is 0.277 e. The minimum atomic E-state index is -0.113. The first-order chi connectivity index (χ1) is 28.5. The molecular formula is C55H37N3. The van der Waals surface area contributed by atoms with E-state index in [1.807, 2.05) is 0 Å². The first-order valence-corrected chi connectivity index (χ1v) is 20.1. The number of hydrogen-bond donors (Lipinski definition) is 0. The van der Waals surface area contributed by atoms with Crippen molar-refractivity contribution in [2.45, 2.75) is 19.3 Å². The number of para-hydroxylation sites is 2. The van der Waals surface area contributed by atoms with Crippen LogP contribution in [0.15, 0.2) is 188 Å². The number of aromatic nitrogens is 3. The van der Waals surface area contributed by atoms with Crippen molar-refractivity contribution >= 4 is 54.3 Å². The van der Waals surface area contributed by atoms with Gasteiger partial charge in [-0.1, -0.05) is 184 Å². The van der Waals surface area contributed by atoms with Gasteiger partial charge in [0.2, 0.25) is 5.95 Å². The van der Waals surface area contributed by atoms with E-state index >= 15 is 0 Å². The molecule has 2 heterocycles. The van der Waals surface area contributed by atoms with Gasteiger partial charge in [-0.2, -0.15) is 0 Å². The fourth-order valence-electron chi connectivity index (χ4n) is 9.82. The molecule has 3 heteroatoms. The molecule has 12 rings (SSSR count). The zero-order chi connectivity index (χ0) is 38.5. The molecule has 0 saturated carbocycles. The molecule has 0 amide bonds. The molecule has 0 bridgehead atoms. The van der Waals surface area contributed by atoms with Crippen LogP contribution in [0.2, 0.25) is 0 Å². The Labute approximate surface area is 336 Å². The van der Waals surface area contributed by atoms with Gasteiger partial charge in [0.25, 0.3) is 0 Å². The minimum Gasteiger partial charge on any atom is -0.277 e. The van der Waals surface area contributed by atoms with E-state index in [4.69, 9.17) is 9.97 Å². The average Bonchev–Trinajstić information content (AvgIpc) is 3.74. The fraction of sp³-hybridized carbons (Fsp3) is 0.0545. The average molecular weight is 740 g/mol. The Bertz CT molecular complexity index is 3470. The molecule has 3 nitrogen and oxygen atoms in total. The summed E-state index contributed by atoms with van der Waals surface area (Å²) < 4.78 is 2.32. The van der Waals surface area contributed by atoms with Gasteiger partial charge in [-0.05, 0) is 78.7 Å². The highest BCUT2D eigenvalue weighted by molar-refractivity contribution is 6.23. The lowest BCUT2D eigenvalue weighted by Gasteiger charge is -2.22. The highest BCUT2D eigenvalue weighted by atomic mass is 15.2. The second kappa shape index (κ2) is 12.3. The van der Waals surface area contributed by atoms with Gasteiger partial charge in [-0.3, -0.25) is 4.57 Å². The maximum atomic E-state index is 5.54. The summed E-state index contributed by atoms with van der Waals surface area (Å²) in [5, 5.41) is 8.34. The Kier molecular flexibility index (Phi) is 6.98. The van der Waals surface area contributed by atoms with E-state index in [1.54, 1.807) is 0 Å². The van der Waals surface area contributed by atoms with E-state index in [9.17, 15) is 0 Å². The molecule has 0 atom stereocenters. The monoisotopic (exact) mass is 739 g/mol. The lowest BCUT2D eigenvalue weighted by molar-refractivity contribution is 0.660. The van der Waals surface area contributed by atoms with Gasteiger partial charge < -0.3 is 0 Å². The maximum absolute atomic E-state index is 5.54. The van der Waals surface area contributed by atoms with E-state index in [0.717, 1.165) is 38.8 Å². The second-order valence-electron chi connectivity index (χ2n) is 16.1. The van der Waals surface area contributed by atoms with Crippen molar-refractivity contribution in [3.05, 3.63) is 199 Å². The molecule has 0 radical (unpaired) electrons. The van der Waals surface area contributed by atoms with Crippen LogP contribution < -0.4 is 0 Å². The first-order valence-electron chi connectivity index (χ1n) is 20.1. The maximum Gasteiger partial charge on any atom is 0.235 e. The van der Waals surface area contributed by atoms with Gasteiger partial charge in [0.05, 0.1) is 22.2 Å². The third-order valence-corrected chi connectivity index (χ3v) is 12.6. The van der Waals surface area contributed by atoms with Crippen LogP contribution in [-0.2, 0) is 5.41 Å². The first kappa shape index (κ1) is 32.8. The fourth-order valence-corrected chi connectivity index (χ4v) is 9.82. The van der Waals surface area contributed by atoms with Crippen molar-refractivity contribution in [1.29, 1.82) is 0 Å². The standard InChI is InChI=1S/C55H37N3/c1-55(2)47-23-9-7-18-43(47)44-31-29-38(33-48(44)55)42-21-12-22-46-51-41-17-6-4-14-35(41)30-32-50(51)58(53(42)46)54-56-49-24-10-8-19-45(49)52(57-54)37-27-25-36(26-28-37)40-20-11-15-34-13-3-5-16-39(34)40/h3-33H,1-2H3. The summed E-state index contributed by atoms with van der Waals surface area (Å²) in [6.45, 7) is 4.70. The second-order valence-corrected chi connectivity index (χ2v) is 16.1. The van der Waals surface area contributed by atoms with Crippen LogP contribution in [0.4, 0.5) is 0 Å². The molecule has 1 aliphatic rings. The Balaban J connectivity index is 1.11. The van der Waals surface area contributed by atoms with E-state index < -0.39 is 0 Å². The molecular weight excluding hydrogens is 703 g/mol. The van der Waals surface area contributed by atoms with Crippen LogP contribution in [-0.4, -0.2) is 14.5 Å². The highest BCUT2D eigenvalue weighted by Crippen LogP contribution is 2.50. The Morgan fingerprint density at radius 3 is 1.88 bits per heavy atom. The molecule has 2 aromatic heterocycles. The van der Waals surface area contributed by atoms with Crippen LogP contribution in [0, 0.1) is 0 Å². The van der Waals surface area contributed by atoms with Crippen molar-refractivity contribution < 1.29 is 0 Å². The van der Waals surface area contributed by atoms with Gasteiger partial charge in [-0.25, -0.2) is 9.97 Å². The normalized spacial score (nSPS) is 13.1. The van der Waals surface area contributed by atoms with Gasteiger partial charge in [0, 0.05) is 32.7 Å². The molecule has 0 spiro atoms. The predicted molar refractivity (Wildman–Crippen MR) is 243 cm³/mol. The smallest absolute Gasteiger partial charge is 0.235 e. The van der Waals surface area contributed by atoms with E-state index in [0.29, 0.717) is 5.95 Å². The molecule has 9 aromatic carbocycles. The Morgan fingerprint density at radius 1 is 0.414 bits per heavy atom. The summed E-state index contributed by atoms with van der Waals surface area (Å²) in [5.41, 5.74) is 15.1. The molecule has 272 valence electrons. The molecule has 0 fully saturated rings.